The number of anilines is 1. The number of amides is 2. The standard InChI is InChI=1S/C19H17N5O2/c25-18(11-6-15-4-2-1-3-5-15)21-12-19(26)23-16-7-9-17(10-8-16)24-14-20-13-22-24/h1-11,13-14H,12H2,(H,21,25)(H,23,26)/b11-6+. The first-order valence-electron chi connectivity index (χ1n) is 7.96. The average Bonchev–Trinajstić information content (AvgIpc) is 3.21. The minimum Gasteiger partial charge on any atom is -0.343 e. The molecule has 0 atom stereocenters. The van der Waals surface area contributed by atoms with Gasteiger partial charge in [-0.2, -0.15) is 5.10 Å². The molecule has 0 radical (unpaired) electrons. The highest BCUT2D eigenvalue weighted by Crippen LogP contribution is 2.11. The van der Waals surface area contributed by atoms with E-state index in [2.05, 4.69) is 20.7 Å². The van der Waals surface area contributed by atoms with E-state index in [0.29, 0.717) is 5.69 Å². The molecule has 0 aliphatic rings. The van der Waals surface area contributed by atoms with Gasteiger partial charge in [-0.3, -0.25) is 9.59 Å². The summed E-state index contributed by atoms with van der Waals surface area (Å²) in [5, 5.41) is 9.30. The van der Waals surface area contributed by atoms with Crippen LogP contribution in [0, 0.1) is 0 Å². The average molecular weight is 347 g/mol. The summed E-state index contributed by atoms with van der Waals surface area (Å²) in [6.07, 6.45) is 6.13. The molecule has 0 aliphatic carbocycles. The molecule has 26 heavy (non-hydrogen) atoms. The van der Waals surface area contributed by atoms with Crippen LogP contribution < -0.4 is 10.6 Å². The van der Waals surface area contributed by atoms with E-state index in [1.165, 1.54) is 12.4 Å². The summed E-state index contributed by atoms with van der Waals surface area (Å²) < 4.78 is 1.62. The van der Waals surface area contributed by atoms with Crippen LogP contribution in [0.1, 0.15) is 5.56 Å². The molecule has 3 rings (SSSR count). The second-order valence-corrected chi connectivity index (χ2v) is 5.40. The van der Waals surface area contributed by atoms with Crippen LogP contribution in [0.3, 0.4) is 0 Å². The van der Waals surface area contributed by atoms with Crippen molar-refractivity contribution < 1.29 is 9.59 Å². The summed E-state index contributed by atoms with van der Waals surface area (Å²) >= 11 is 0. The first kappa shape index (κ1) is 17.1. The predicted octanol–water partition coefficient (Wildman–Crippen LogP) is 2.04. The Morgan fingerprint density at radius 3 is 2.50 bits per heavy atom. The number of aromatic nitrogens is 3. The second kappa shape index (κ2) is 8.39. The number of rotatable bonds is 6. The zero-order valence-corrected chi connectivity index (χ0v) is 13.9. The van der Waals surface area contributed by atoms with Gasteiger partial charge in [-0.15, -0.1) is 0 Å². The Balaban J connectivity index is 1.46. The van der Waals surface area contributed by atoms with Crippen molar-refractivity contribution in [3.05, 3.63) is 78.9 Å². The normalized spacial score (nSPS) is 10.6. The minimum atomic E-state index is -0.328. The minimum absolute atomic E-state index is 0.108. The van der Waals surface area contributed by atoms with Crippen molar-refractivity contribution in [3.63, 3.8) is 0 Å². The number of hydrogen-bond acceptors (Lipinski definition) is 4. The Hall–Kier alpha value is -3.74. The second-order valence-electron chi connectivity index (χ2n) is 5.40. The number of hydrogen-bond donors (Lipinski definition) is 2. The fraction of sp³-hybridized carbons (Fsp3) is 0.0526. The molecule has 1 heterocycles. The molecular formula is C19H17N5O2. The summed E-state index contributed by atoms with van der Waals surface area (Å²) in [5.41, 5.74) is 2.38. The Labute approximate surface area is 150 Å². The first-order chi connectivity index (χ1) is 12.7. The number of carbonyl (C=O) groups excluding carboxylic acids is 2. The van der Waals surface area contributed by atoms with E-state index in [1.54, 1.807) is 29.2 Å². The van der Waals surface area contributed by atoms with E-state index >= 15 is 0 Å². The van der Waals surface area contributed by atoms with Crippen molar-refractivity contribution >= 4 is 23.6 Å². The molecule has 2 N–H and O–H groups in total. The maximum Gasteiger partial charge on any atom is 0.244 e. The van der Waals surface area contributed by atoms with Crippen molar-refractivity contribution in [2.75, 3.05) is 11.9 Å². The summed E-state index contributed by atoms with van der Waals surface area (Å²) in [4.78, 5) is 27.6. The fourth-order valence-electron chi connectivity index (χ4n) is 2.21. The number of benzene rings is 2. The van der Waals surface area contributed by atoms with Crippen LogP contribution in [0.5, 0.6) is 0 Å². The van der Waals surface area contributed by atoms with Gasteiger partial charge in [-0.1, -0.05) is 30.3 Å². The summed E-state index contributed by atoms with van der Waals surface area (Å²) in [6, 6.07) is 16.6. The van der Waals surface area contributed by atoms with E-state index in [0.717, 1.165) is 11.3 Å². The van der Waals surface area contributed by atoms with E-state index in [1.807, 2.05) is 42.5 Å². The third-order valence-corrected chi connectivity index (χ3v) is 3.48. The lowest BCUT2D eigenvalue weighted by molar-refractivity contribution is -0.121. The number of nitrogens with zero attached hydrogens (tertiary/aromatic N) is 3. The van der Waals surface area contributed by atoms with Crippen molar-refractivity contribution in [2.24, 2.45) is 0 Å². The molecular weight excluding hydrogens is 330 g/mol. The molecule has 0 spiro atoms. The van der Waals surface area contributed by atoms with E-state index in [4.69, 9.17) is 0 Å². The smallest absolute Gasteiger partial charge is 0.244 e. The van der Waals surface area contributed by atoms with Crippen molar-refractivity contribution in [3.8, 4) is 5.69 Å². The van der Waals surface area contributed by atoms with Gasteiger partial charge in [0, 0.05) is 11.8 Å². The fourth-order valence-corrected chi connectivity index (χ4v) is 2.21. The number of carbonyl (C=O) groups is 2. The van der Waals surface area contributed by atoms with Crippen LogP contribution in [-0.4, -0.2) is 33.1 Å². The molecule has 0 bridgehead atoms. The highest BCUT2D eigenvalue weighted by atomic mass is 16.2. The molecule has 130 valence electrons. The molecule has 2 amide bonds. The largest absolute Gasteiger partial charge is 0.343 e. The molecule has 7 heteroatoms. The zero-order valence-electron chi connectivity index (χ0n) is 13.9. The van der Waals surface area contributed by atoms with Gasteiger partial charge in [-0.25, -0.2) is 9.67 Å². The lowest BCUT2D eigenvalue weighted by Gasteiger charge is -2.07. The lowest BCUT2D eigenvalue weighted by atomic mass is 10.2. The van der Waals surface area contributed by atoms with Gasteiger partial charge < -0.3 is 10.6 Å². The van der Waals surface area contributed by atoms with E-state index in [9.17, 15) is 9.59 Å². The molecule has 0 saturated carbocycles. The van der Waals surface area contributed by atoms with Crippen molar-refractivity contribution in [1.82, 2.24) is 20.1 Å². The van der Waals surface area contributed by atoms with Gasteiger partial charge >= 0.3 is 0 Å². The van der Waals surface area contributed by atoms with Gasteiger partial charge in [-0.05, 0) is 35.9 Å². The Kier molecular flexibility index (Phi) is 5.51. The number of nitrogens with one attached hydrogen (secondary N) is 2. The van der Waals surface area contributed by atoms with E-state index < -0.39 is 0 Å². The molecule has 0 fully saturated rings. The molecule has 7 nitrogen and oxygen atoms in total. The lowest BCUT2D eigenvalue weighted by Crippen LogP contribution is -2.31. The molecule has 0 saturated heterocycles. The summed E-state index contributed by atoms with van der Waals surface area (Å²) in [6.45, 7) is -0.108. The monoisotopic (exact) mass is 347 g/mol. The molecule has 0 unspecified atom stereocenters. The van der Waals surface area contributed by atoms with Gasteiger partial charge in [0.1, 0.15) is 12.7 Å². The highest BCUT2D eigenvalue weighted by molar-refractivity contribution is 5.98. The Morgan fingerprint density at radius 1 is 1.04 bits per heavy atom. The van der Waals surface area contributed by atoms with Crippen LogP contribution in [0.25, 0.3) is 11.8 Å². The van der Waals surface area contributed by atoms with Crippen LogP contribution in [-0.2, 0) is 9.59 Å². The van der Waals surface area contributed by atoms with Crippen LogP contribution >= 0.6 is 0 Å². The SMILES string of the molecule is O=C(/C=C/c1ccccc1)NCC(=O)Nc1ccc(-n2cncn2)cc1. The Bertz CT molecular complexity index is 887. The Morgan fingerprint density at radius 2 is 1.81 bits per heavy atom. The topological polar surface area (TPSA) is 88.9 Å². The van der Waals surface area contributed by atoms with Crippen molar-refractivity contribution in [1.29, 1.82) is 0 Å². The van der Waals surface area contributed by atoms with Crippen LogP contribution in [0.2, 0.25) is 0 Å². The van der Waals surface area contributed by atoms with Gasteiger partial charge in [0.25, 0.3) is 0 Å². The third kappa shape index (κ3) is 4.88. The maximum absolute atomic E-state index is 11.9. The van der Waals surface area contributed by atoms with Crippen LogP contribution in [0.15, 0.2) is 73.3 Å². The molecule has 3 aromatic rings. The van der Waals surface area contributed by atoms with Gasteiger partial charge in [0.05, 0.1) is 12.2 Å². The summed E-state index contributed by atoms with van der Waals surface area (Å²) in [5.74, 6) is -0.634. The first-order valence-corrected chi connectivity index (χ1v) is 7.96. The van der Waals surface area contributed by atoms with E-state index in [-0.39, 0.29) is 18.4 Å². The highest BCUT2D eigenvalue weighted by Gasteiger charge is 2.04. The predicted molar refractivity (Wildman–Crippen MR) is 98.5 cm³/mol. The van der Waals surface area contributed by atoms with Crippen molar-refractivity contribution in [2.45, 2.75) is 0 Å². The van der Waals surface area contributed by atoms with Gasteiger partial charge in [0.2, 0.25) is 11.8 Å². The van der Waals surface area contributed by atoms with Gasteiger partial charge in [0.15, 0.2) is 0 Å². The van der Waals surface area contributed by atoms with Crippen LogP contribution in [0.4, 0.5) is 5.69 Å². The molecule has 1 aromatic heterocycles. The quantitative estimate of drug-likeness (QED) is 0.668. The maximum atomic E-state index is 11.9. The summed E-state index contributed by atoms with van der Waals surface area (Å²) in [7, 11) is 0. The third-order valence-electron chi connectivity index (χ3n) is 3.48. The molecule has 0 aliphatic heterocycles. The zero-order chi connectivity index (χ0) is 18.2. The molecule has 2 aromatic carbocycles.